The highest BCUT2D eigenvalue weighted by atomic mass is 127. The number of rotatable bonds is 1. The van der Waals surface area contributed by atoms with Crippen LogP contribution in [0.2, 0.25) is 0 Å². The van der Waals surface area contributed by atoms with E-state index in [2.05, 4.69) is 0 Å². The number of amides is 1. The van der Waals surface area contributed by atoms with E-state index in [-0.39, 0.29) is 13.1 Å². The number of halogens is 6. The highest BCUT2D eigenvalue weighted by Crippen LogP contribution is 2.35. The lowest BCUT2D eigenvalue weighted by molar-refractivity contribution is -0.138. The van der Waals surface area contributed by atoms with Crippen LogP contribution in [0, 0.1) is 3.57 Å². The van der Waals surface area contributed by atoms with Crippen LogP contribution in [0.5, 0.6) is 0 Å². The Labute approximate surface area is 131 Å². The number of benzene rings is 1. The number of carbonyl (C=O) groups excluding carboxylic acids is 1. The van der Waals surface area contributed by atoms with Crippen LogP contribution >= 0.6 is 22.6 Å². The minimum atomic E-state index is -4.66. The molecule has 0 N–H and O–H groups in total. The van der Waals surface area contributed by atoms with Crippen LogP contribution in [0.25, 0.3) is 0 Å². The van der Waals surface area contributed by atoms with Gasteiger partial charge in [-0.3, -0.25) is 4.79 Å². The standard InChI is InChI=1S/C13H11F5INO/c14-12(15)3-5-20(6-4-12)11(21)9-2-1-8(19)7-10(9)13(16,17)18/h1-2,7H,3-6H2. The summed E-state index contributed by atoms with van der Waals surface area (Å²) in [5.74, 6) is -3.70. The van der Waals surface area contributed by atoms with Gasteiger partial charge in [0.2, 0.25) is 0 Å². The number of likely N-dealkylation sites (tertiary alicyclic amines) is 1. The van der Waals surface area contributed by atoms with Gasteiger partial charge in [0.1, 0.15) is 0 Å². The number of hydrogen-bond donors (Lipinski definition) is 0. The van der Waals surface area contributed by atoms with Crippen molar-refractivity contribution in [2.24, 2.45) is 0 Å². The van der Waals surface area contributed by atoms with Crippen molar-refractivity contribution in [3.63, 3.8) is 0 Å². The Bertz CT molecular complexity index is 548. The van der Waals surface area contributed by atoms with Crippen LogP contribution in [0.4, 0.5) is 22.0 Å². The van der Waals surface area contributed by atoms with Gasteiger partial charge in [0.25, 0.3) is 11.8 Å². The van der Waals surface area contributed by atoms with E-state index in [4.69, 9.17) is 0 Å². The summed E-state index contributed by atoms with van der Waals surface area (Å²) < 4.78 is 65.4. The average molecular weight is 419 g/mol. The number of hydrogen-bond acceptors (Lipinski definition) is 1. The Morgan fingerprint density at radius 1 is 1.19 bits per heavy atom. The van der Waals surface area contributed by atoms with Crippen LogP contribution in [-0.4, -0.2) is 29.8 Å². The third-order valence-corrected chi connectivity index (χ3v) is 3.97. The van der Waals surface area contributed by atoms with Crippen LogP contribution in [0.3, 0.4) is 0 Å². The molecule has 116 valence electrons. The third kappa shape index (κ3) is 3.83. The molecule has 0 atom stereocenters. The monoisotopic (exact) mass is 419 g/mol. The summed E-state index contributed by atoms with van der Waals surface area (Å²) in [6.45, 7) is -0.482. The molecular formula is C13H11F5INO. The molecule has 0 unspecified atom stereocenters. The molecule has 21 heavy (non-hydrogen) atoms. The molecule has 1 aliphatic rings. The maximum absolute atomic E-state index is 13.0. The van der Waals surface area contributed by atoms with E-state index in [0.29, 0.717) is 3.57 Å². The van der Waals surface area contributed by atoms with Gasteiger partial charge in [0, 0.05) is 29.5 Å². The molecule has 8 heteroatoms. The summed E-state index contributed by atoms with van der Waals surface area (Å²) in [6.07, 6.45) is -5.71. The zero-order valence-electron chi connectivity index (χ0n) is 10.7. The van der Waals surface area contributed by atoms with E-state index in [1.165, 1.54) is 6.07 Å². The van der Waals surface area contributed by atoms with Gasteiger partial charge in [-0.15, -0.1) is 0 Å². The summed E-state index contributed by atoms with van der Waals surface area (Å²) >= 11 is 1.72. The summed E-state index contributed by atoms with van der Waals surface area (Å²) in [4.78, 5) is 13.2. The molecule has 1 aromatic rings. The van der Waals surface area contributed by atoms with E-state index >= 15 is 0 Å². The van der Waals surface area contributed by atoms with Crippen LogP contribution < -0.4 is 0 Å². The molecule has 0 bridgehead atoms. The van der Waals surface area contributed by atoms with E-state index in [9.17, 15) is 26.7 Å². The van der Waals surface area contributed by atoms with E-state index in [1.807, 2.05) is 0 Å². The van der Waals surface area contributed by atoms with Crippen molar-refractivity contribution in [1.82, 2.24) is 4.90 Å². The van der Waals surface area contributed by atoms with Crippen molar-refractivity contribution in [3.8, 4) is 0 Å². The van der Waals surface area contributed by atoms with Crippen molar-refractivity contribution < 1.29 is 26.7 Å². The van der Waals surface area contributed by atoms with Gasteiger partial charge >= 0.3 is 6.18 Å². The van der Waals surface area contributed by atoms with Crippen LogP contribution in [0.1, 0.15) is 28.8 Å². The quantitative estimate of drug-likeness (QED) is 0.494. The summed E-state index contributed by atoms with van der Waals surface area (Å²) in [6, 6.07) is 3.37. The Balaban J connectivity index is 2.28. The molecule has 0 saturated carbocycles. The number of piperidine rings is 1. The molecule has 2 rings (SSSR count). The first-order valence-electron chi connectivity index (χ1n) is 6.14. The zero-order chi connectivity index (χ0) is 15.8. The number of carbonyl (C=O) groups is 1. The highest BCUT2D eigenvalue weighted by molar-refractivity contribution is 14.1. The van der Waals surface area contributed by atoms with Crippen LogP contribution in [-0.2, 0) is 6.18 Å². The Morgan fingerprint density at radius 2 is 1.76 bits per heavy atom. The van der Waals surface area contributed by atoms with Crippen molar-refractivity contribution >= 4 is 28.5 Å². The fourth-order valence-electron chi connectivity index (χ4n) is 2.14. The maximum Gasteiger partial charge on any atom is 0.417 e. The number of nitrogens with zero attached hydrogens (tertiary/aromatic N) is 1. The molecule has 1 heterocycles. The maximum atomic E-state index is 13.0. The van der Waals surface area contributed by atoms with Gasteiger partial charge in [-0.25, -0.2) is 8.78 Å². The zero-order valence-corrected chi connectivity index (χ0v) is 12.8. The van der Waals surface area contributed by atoms with Gasteiger partial charge in [0.05, 0.1) is 11.1 Å². The van der Waals surface area contributed by atoms with Crippen molar-refractivity contribution in [3.05, 3.63) is 32.9 Å². The van der Waals surface area contributed by atoms with Crippen LogP contribution in [0.15, 0.2) is 18.2 Å². The van der Waals surface area contributed by atoms with E-state index < -0.39 is 42.0 Å². The van der Waals surface area contributed by atoms with Gasteiger partial charge in [-0.2, -0.15) is 13.2 Å². The largest absolute Gasteiger partial charge is 0.417 e. The molecule has 0 radical (unpaired) electrons. The minimum absolute atomic E-state index is 0.241. The molecule has 0 aliphatic carbocycles. The first-order valence-corrected chi connectivity index (χ1v) is 7.22. The summed E-state index contributed by atoms with van der Waals surface area (Å²) in [7, 11) is 0. The van der Waals surface area contributed by atoms with Gasteiger partial charge < -0.3 is 4.90 Å². The van der Waals surface area contributed by atoms with Crippen molar-refractivity contribution in [2.75, 3.05) is 13.1 Å². The second-order valence-electron chi connectivity index (χ2n) is 4.84. The first kappa shape index (κ1) is 16.4. The molecule has 0 aromatic heterocycles. The summed E-state index contributed by atoms with van der Waals surface area (Å²) in [5, 5.41) is 0. The normalized spacial score (nSPS) is 18.7. The predicted octanol–water partition coefficient (Wildman–Crippen LogP) is 4.18. The fraction of sp³-hybridized carbons (Fsp3) is 0.462. The molecule has 1 saturated heterocycles. The molecule has 1 aliphatic heterocycles. The SMILES string of the molecule is O=C(c1ccc(I)cc1C(F)(F)F)N1CCC(F)(F)CC1. The molecule has 1 aromatic carbocycles. The van der Waals surface area contributed by atoms with Crippen molar-refractivity contribution in [1.29, 1.82) is 0 Å². The Kier molecular flexibility index (Phi) is 4.46. The minimum Gasteiger partial charge on any atom is -0.338 e. The third-order valence-electron chi connectivity index (χ3n) is 3.30. The lowest BCUT2D eigenvalue weighted by Gasteiger charge is -2.32. The van der Waals surface area contributed by atoms with Gasteiger partial charge in [-0.05, 0) is 40.8 Å². The second-order valence-corrected chi connectivity index (χ2v) is 6.08. The van der Waals surface area contributed by atoms with E-state index in [0.717, 1.165) is 17.0 Å². The average Bonchev–Trinajstić information content (AvgIpc) is 2.37. The molecule has 0 spiro atoms. The highest BCUT2D eigenvalue weighted by Gasteiger charge is 2.39. The van der Waals surface area contributed by atoms with Gasteiger partial charge in [0.15, 0.2) is 0 Å². The predicted molar refractivity (Wildman–Crippen MR) is 74.2 cm³/mol. The van der Waals surface area contributed by atoms with Crippen molar-refractivity contribution in [2.45, 2.75) is 24.9 Å². The molecule has 2 nitrogen and oxygen atoms in total. The lowest BCUT2D eigenvalue weighted by Crippen LogP contribution is -2.43. The topological polar surface area (TPSA) is 20.3 Å². The first-order chi connectivity index (χ1) is 9.60. The molecule has 1 amide bonds. The molecule has 1 fully saturated rings. The Hall–Kier alpha value is -0.930. The summed E-state index contributed by atoms with van der Waals surface area (Å²) in [5.41, 5.74) is -1.52. The Morgan fingerprint density at radius 3 is 2.29 bits per heavy atom. The number of alkyl halides is 5. The van der Waals surface area contributed by atoms with E-state index in [1.54, 1.807) is 22.6 Å². The lowest BCUT2D eigenvalue weighted by atomic mass is 10.0. The molecular weight excluding hydrogens is 408 g/mol. The second kappa shape index (κ2) is 5.69. The fourth-order valence-corrected chi connectivity index (χ4v) is 2.64. The van der Waals surface area contributed by atoms with Gasteiger partial charge in [-0.1, -0.05) is 0 Å². The smallest absolute Gasteiger partial charge is 0.338 e.